The zero-order chi connectivity index (χ0) is 21.3. The second-order valence-corrected chi connectivity index (χ2v) is 6.77. The molecule has 154 valence electrons. The molecule has 1 saturated heterocycles. The number of aromatic hydroxyl groups is 1. The van der Waals surface area contributed by atoms with Crippen LogP contribution >= 0.6 is 0 Å². The SMILES string of the molecule is CC(=NC1CNC(=O)NC1)c1ccc(-c2c(C)cc(C(F)(F)F)cc2O)nc1N. The van der Waals surface area contributed by atoms with Gasteiger partial charge in [0.2, 0.25) is 0 Å². The third-order valence-corrected chi connectivity index (χ3v) is 4.59. The summed E-state index contributed by atoms with van der Waals surface area (Å²) in [5.41, 5.74) is 6.96. The topological polar surface area (TPSA) is 113 Å². The number of hydrogen-bond donors (Lipinski definition) is 4. The molecular weight excluding hydrogens is 387 g/mol. The fourth-order valence-corrected chi connectivity index (χ4v) is 3.18. The summed E-state index contributed by atoms with van der Waals surface area (Å²) < 4.78 is 38.7. The Morgan fingerprint density at radius 2 is 1.93 bits per heavy atom. The molecule has 10 heteroatoms. The highest BCUT2D eigenvalue weighted by atomic mass is 19.4. The van der Waals surface area contributed by atoms with Crippen LogP contribution < -0.4 is 16.4 Å². The smallest absolute Gasteiger partial charge is 0.416 e. The number of carbonyl (C=O) groups excluding carboxylic acids is 1. The van der Waals surface area contributed by atoms with Crippen LogP contribution in [0.25, 0.3) is 11.3 Å². The van der Waals surface area contributed by atoms with E-state index in [-0.39, 0.29) is 34.7 Å². The van der Waals surface area contributed by atoms with Crippen LogP contribution in [0.5, 0.6) is 5.75 Å². The van der Waals surface area contributed by atoms with Gasteiger partial charge in [-0.1, -0.05) is 0 Å². The Bertz CT molecular complexity index is 955. The summed E-state index contributed by atoms with van der Waals surface area (Å²) in [6.45, 7) is 4.01. The van der Waals surface area contributed by atoms with Crippen LogP contribution in [0, 0.1) is 6.92 Å². The monoisotopic (exact) mass is 407 g/mol. The molecule has 2 amide bonds. The molecule has 0 bridgehead atoms. The highest BCUT2D eigenvalue weighted by Gasteiger charge is 2.32. The average Bonchev–Trinajstić information content (AvgIpc) is 2.62. The minimum absolute atomic E-state index is 0.134. The van der Waals surface area contributed by atoms with Crippen molar-refractivity contribution in [3.05, 3.63) is 41.0 Å². The van der Waals surface area contributed by atoms with Crippen molar-refractivity contribution in [2.24, 2.45) is 4.99 Å². The van der Waals surface area contributed by atoms with Gasteiger partial charge < -0.3 is 21.5 Å². The molecule has 5 N–H and O–H groups in total. The van der Waals surface area contributed by atoms with E-state index < -0.39 is 17.5 Å². The van der Waals surface area contributed by atoms with E-state index in [1.807, 2.05) is 0 Å². The van der Waals surface area contributed by atoms with E-state index in [0.29, 0.717) is 30.4 Å². The summed E-state index contributed by atoms with van der Waals surface area (Å²) in [6, 6.07) is 4.45. The van der Waals surface area contributed by atoms with Crippen molar-refractivity contribution in [3.63, 3.8) is 0 Å². The second kappa shape index (κ2) is 7.61. The molecule has 1 aromatic heterocycles. The summed E-state index contributed by atoms with van der Waals surface area (Å²) in [7, 11) is 0. The Morgan fingerprint density at radius 1 is 1.28 bits per heavy atom. The molecule has 29 heavy (non-hydrogen) atoms. The predicted molar refractivity (Wildman–Crippen MR) is 103 cm³/mol. The van der Waals surface area contributed by atoms with Crippen LogP contribution in [-0.2, 0) is 6.18 Å². The van der Waals surface area contributed by atoms with E-state index in [1.165, 1.54) is 6.92 Å². The van der Waals surface area contributed by atoms with Crippen molar-refractivity contribution in [2.75, 3.05) is 18.8 Å². The van der Waals surface area contributed by atoms with Crippen molar-refractivity contribution in [1.29, 1.82) is 0 Å². The third kappa shape index (κ3) is 4.41. The van der Waals surface area contributed by atoms with Gasteiger partial charge in [-0.05, 0) is 43.7 Å². The number of aryl methyl sites for hydroxylation is 1. The zero-order valence-electron chi connectivity index (χ0n) is 15.8. The average molecular weight is 407 g/mol. The van der Waals surface area contributed by atoms with Gasteiger partial charge in [-0.3, -0.25) is 4.99 Å². The highest BCUT2D eigenvalue weighted by molar-refractivity contribution is 6.03. The number of phenolic OH excluding ortho intramolecular Hbond substituents is 1. The van der Waals surface area contributed by atoms with Crippen molar-refractivity contribution >= 4 is 17.6 Å². The Morgan fingerprint density at radius 3 is 2.48 bits per heavy atom. The van der Waals surface area contributed by atoms with Crippen LogP contribution in [0.15, 0.2) is 29.3 Å². The molecule has 1 fully saturated rings. The Kier molecular flexibility index (Phi) is 5.36. The number of aliphatic imine (C=N–C) groups is 1. The van der Waals surface area contributed by atoms with Gasteiger partial charge in [-0.15, -0.1) is 0 Å². The van der Waals surface area contributed by atoms with Crippen LogP contribution in [-0.4, -0.2) is 41.0 Å². The number of nitrogen functional groups attached to an aromatic ring is 1. The van der Waals surface area contributed by atoms with Gasteiger partial charge in [-0.25, -0.2) is 9.78 Å². The highest BCUT2D eigenvalue weighted by Crippen LogP contribution is 2.38. The quantitative estimate of drug-likeness (QED) is 0.586. The van der Waals surface area contributed by atoms with Gasteiger partial charge in [0, 0.05) is 29.9 Å². The standard InChI is InChI=1S/C19H20F3N5O2/c1-9-5-11(19(20,21)22)6-15(28)16(9)14-4-3-13(17(23)27-14)10(2)26-12-7-24-18(29)25-8-12/h3-6,12,28H,7-8H2,1-2H3,(H2,23,27)(H2,24,25,29). The fourth-order valence-electron chi connectivity index (χ4n) is 3.18. The maximum atomic E-state index is 12.9. The van der Waals surface area contributed by atoms with Gasteiger partial charge in [-0.2, -0.15) is 13.2 Å². The molecular formula is C19H20F3N5O2. The number of nitrogens with two attached hydrogens (primary N) is 1. The first kappa shape index (κ1) is 20.4. The van der Waals surface area contributed by atoms with E-state index in [4.69, 9.17) is 5.73 Å². The van der Waals surface area contributed by atoms with E-state index in [1.54, 1.807) is 19.1 Å². The van der Waals surface area contributed by atoms with Gasteiger partial charge in [0.05, 0.1) is 17.3 Å². The summed E-state index contributed by atoms with van der Waals surface area (Å²) in [5, 5.41) is 15.4. The number of rotatable bonds is 3. The van der Waals surface area contributed by atoms with Crippen molar-refractivity contribution in [1.82, 2.24) is 15.6 Å². The van der Waals surface area contributed by atoms with E-state index >= 15 is 0 Å². The number of phenols is 1. The largest absolute Gasteiger partial charge is 0.507 e. The molecule has 3 rings (SSSR count). The number of anilines is 1. The molecule has 0 radical (unpaired) electrons. The second-order valence-electron chi connectivity index (χ2n) is 6.77. The lowest BCUT2D eigenvalue weighted by Gasteiger charge is -2.21. The third-order valence-electron chi connectivity index (χ3n) is 4.59. The van der Waals surface area contributed by atoms with Crippen LogP contribution in [0.2, 0.25) is 0 Å². The lowest BCUT2D eigenvalue weighted by molar-refractivity contribution is -0.137. The lowest BCUT2D eigenvalue weighted by Crippen LogP contribution is -2.50. The molecule has 0 unspecified atom stereocenters. The number of alkyl halides is 3. The van der Waals surface area contributed by atoms with E-state index in [0.717, 1.165) is 6.07 Å². The molecule has 1 aliphatic heterocycles. The molecule has 0 aliphatic carbocycles. The van der Waals surface area contributed by atoms with Crippen LogP contribution in [0.1, 0.15) is 23.6 Å². The van der Waals surface area contributed by atoms with Crippen LogP contribution in [0.4, 0.5) is 23.8 Å². The van der Waals surface area contributed by atoms with Gasteiger partial charge in [0.25, 0.3) is 0 Å². The maximum absolute atomic E-state index is 12.9. The number of nitrogens with one attached hydrogen (secondary N) is 2. The zero-order valence-corrected chi connectivity index (χ0v) is 15.8. The normalized spacial score (nSPS) is 15.8. The molecule has 2 aromatic rings. The number of aromatic nitrogens is 1. The molecule has 0 atom stereocenters. The van der Waals surface area contributed by atoms with Crippen molar-refractivity contribution in [2.45, 2.75) is 26.1 Å². The molecule has 1 aromatic carbocycles. The number of halogens is 3. The number of hydrogen-bond acceptors (Lipinski definition) is 5. The summed E-state index contributed by atoms with van der Waals surface area (Å²) in [4.78, 5) is 19.9. The summed E-state index contributed by atoms with van der Waals surface area (Å²) in [5.74, 6) is -0.387. The molecule has 2 heterocycles. The first-order valence-electron chi connectivity index (χ1n) is 8.80. The first-order chi connectivity index (χ1) is 13.6. The summed E-state index contributed by atoms with van der Waals surface area (Å²) in [6.07, 6.45) is -4.56. The number of nitrogens with zero attached hydrogens (tertiary/aromatic N) is 2. The number of carbonyl (C=O) groups is 1. The lowest BCUT2D eigenvalue weighted by atomic mass is 9.99. The maximum Gasteiger partial charge on any atom is 0.416 e. The minimum atomic E-state index is -4.56. The number of urea groups is 1. The first-order valence-corrected chi connectivity index (χ1v) is 8.80. The fraction of sp³-hybridized carbons (Fsp3) is 0.316. The van der Waals surface area contributed by atoms with Crippen LogP contribution in [0.3, 0.4) is 0 Å². The summed E-state index contributed by atoms with van der Waals surface area (Å²) >= 11 is 0. The van der Waals surface area contributed by atoms with E-state index in [9.17, 15) is 23.1 Å². The van der Waals surface area contributed by atoms with Gasteiger partial charge in [0.15, 0.2) is 0 Å². The van der Waals surface area contributed by atoms with Crippen molar-refractivity contribution in [3.8, 4) is 17.0 Å². The Hall–Kier alpha value is -3.30. The predicted octanol–water partition coefficient (Wildman–Crippen LogP) is 2.85. The molecule has 0 saturated carbocycles. The number of pyridine rings is 1. The number of benzene rings is 1. The molecule has 0 spiro atoms. The van der Waals surface area contributed by atoms with Crippen molar-refractivity contribution < 1.29 is 23.1 Å². The van der Waals surface area contributed by atoms with Gasteiger partial charge >= 0.3 is 12.2 Å². The molecule has 1 aliphatic rings. The Balaban J connectivity index is 1.91. The Labute approximate surface area is 164 Å². The number of amides is 2. The minimum Gasteiger partial charge on any atom is -0.507 e. The molecule has 7 nitrogen and oxygen atoms in total. The van der Waals surface area contributed by atoms with E-state index in [2.05, 4.69) is 20.6 Å². The van der Waals surface area contributed by atoms with Gasteiger partial charge in [0.1, 0.15) is 11.6 Å².